The minimum atomic E-state index is -0.555. The van der Waals surface area contributed by atoms with Crippen LogP contribution in [0.4, 0.5) is 17.1 Å². The van der Waals surface area contributed by atoms with Crippen LogP contribution in [0.25, 0.3) is 33.4 Å². The number of anilines is 2. The topological polar surface area (TPSA) is 90.1 Å². The van der Waals surface area contributed by atoms with Crippen molar-refractivity contribution in [3.63, 3.8) is 0 Å². The van der Waals surface area contributed by atoms with Crippen LogP contribution >= 0.6 is 0 Å². The van der Waals surface area contributed by atoms with Gasteiger partial charge in [0.05, 0.1) is 35.2 Å². The summed E-state index contributed by atoms with van der Waals surface area (Å²) in [5.74, 6) is 1.16. The molecule has 1 aliphatic carbocycles. The zero-order chi connectivity index (χ0) is 43.3. The Bertz CT molecular complexity index is 2470. The smallest absolute Gasteiger partial charge is 0.338 e. The van der Waals surface area contributed by atoms with Gasteiger partial charge in [-0.15, -0.1) is 0 Å². The molecule has 0 unspecified atom stereocenters. The first kappa shape index (κ1) is 43.9. The van der Waals surface area contributed by atoms with Crippen molar-refractivity contribution in [3.8, 4) is 22.5 Å². The SMILES string of the molecule is CCC(C)(C)C(=O)OCCCOC(=O)c1ccccc1-c1c/c(=N\c2c(C(C)C)cccc2C(C)C)cc2oc3cc(Nc4c(C(C)C)cccc4C(C)C)ccc3cc1-2. The third-order valence-corrected chi connectivity index (χ3v) is 11.5. The molecule has 0 spiro atoms. The van der Waals surface area contributed by atoms with Gasteiger partial charge in [-0.25, -0.2) is 9.79 Å². The van der Waals surface area contributed by atoms with Gasteiger partial charge in [0.2, 0.25) is 0 Å². The highest BCUT2D eigenvalue weighted by Crippen LogP contribution is 2.40. The van der Waals surface area contributed by atoms with Crippen LogP contribution in [0.15, 0.2) is 106 Å². The van der Waals surface area contributed by atoms with E-state index in [1.54, 1.807) is 6.07 Å². The molecule has 7 heteroatoms. The highest BCUT2D eigenvalue weighted by Gasteiger charge is 2.27. The van der Waals surface area contributed by atoms with Crippen LogP contribution < -0.4 is 10.7 Å². The molecule has 7 nitrogen and oxygen atoms in total. The fourth-order valence-electron chi connectivity index (χ4n) is 7.54. The quantitative estimate of drug-likeness (QED) is 0.0631. The highest BCUT2D eigenvalue weighted by molar-refractivity contribution is 6.01. The lowest BCUT2D eigenvalue weighted by Crippen LogP contribution is -2.26. The van der Waals surface area contributed by atoms with Crippen LogP contribution in [0.3, 0.4) is 0 Å². The van der Waals surface area contributed by atoms with E-state index >= 15 is 0 Å². The van der Waals surface area contributed by atoms with Crippen LogP contribution in [0, 0.1) is 5.41 Å². The second kappa shape index (κ2) is 18.7. The molecule has 6 rings (SSSR count). The summed E-state index contributed by atoms with van der Waals surface area (Å²) in [6.07, 6.45) is 1.08. The lowest BCUT2D eigenvalue weighted by molar-refractivity contribution is -0.154. The Morgan fingerprint density at radius 2 is 1.27 bits per heavy atom. The van der Waals surface area contributed by atoms with Crippen LogP contribution in [0.2, 0.25) is 0 Å². The summed E-state index contributed by atoms with van der Waals surface area (Å²) in [5, 5.41) is 5.41. The number of benzene rings is 5. The van der Waals surface area contributed by atoms with E-state index < -0.39 is 11.4 Å². The first-order valence-corrected chi connectivity index (χ1v) is 21.6. The predicted molar refractivity (Wildman–Crippen MR) is 246 cm³/mol. The Morgan fingerprint density at radius 1 is 0.667 bits per heavy atom. The molecule has 0 bridgehead atoms. The summed E-state index contributed by atoms with van der Waals surface area (Å²) in [4.78, 5) is 31.7. The van der Waals surface area contributed by atoms with Gasteiger partial charge in [0.1, 0.15) is 11.3 Å². The van der Waals surface area contributed by atoms with Crippen molar-refractivity contribution >= 4 is 40.0 Å². The van der Waals surface area contributed by atoms with Crippen molar-refractivity contribution < 1.29 is 23.5 Å². The van der Waals surface area contributed by atoms with Crippen molar-refractivity contribution in [1.82, 2.24) is 0 Å². The lowest BCUT2D eigenvalue weighted by Gasteiger charge is -2.21. The molecule has 4 aromatic rings. The maximum atomic E-state index is 13.8. The van der Waals surface area contributed by atoms with Gasteiger partial charge in [-0.2, -0.15) is 0 Å². The molecule has 0 atom stereocenters. The zero-order valence-corrected chi connectivity index (χ0v) is 37.4. The summed E-state index contributed by atoms with van der Waals surface area (Å²) in [7, 11) is 0. The van der Waals surface area contributed by atoms with Gasteiger partial charge in [0.25, 0.3) is 0 Å². The maximum absolute atomic E-state index is 13.8. The summed E-state index contributed by atoms with van der Waals surface area (Å²) < 4.78 is 18.1. The van der Waals surface area contributed by atoms with Crippen molar-refractivity contribution in [2.45, 2.75) is 113 Å². The Kier molecular flexibility index (Phi) is 13.7. The van der Waals surface area contributed by atoms with Crippen molar-refractivity contribution in [1.29, 1.82) is 0 Å². The van der Waals surface area contributed by atoms with Gasteiger partial charge in [-0.1, -0.05) is 117 Å². The zero-order valence-electron chi connectivity index (χ0n) is 37.4. The Hall–Kier alpha value is -5.69. The molecular weight excluding hydrogens is 745 g/mol. The molecule has 0 amide bonds. The number of nitrogens with zero attached hydrogens (tertiary/aromatic N) is 1. The molecule has 1 N–H and O–H groups in total. The second-order valence-corrected chi connectivity index (χ2v) is 17.8. The van der Waals surface area contributed by atoms with E-state index in [1.807, 2.05) is 45.0 Å². The predicted octanol–water partition coefficient (Wildman–Crippen LogP) is 14.2. The summed E-state index contributed by atoms with van der Waals surface area (Å²) in [6, 6.07) is 32.9. The minimum Gasteiger partial charge on any atom is -0.465 e. The molecule has 0 saturated carbocycles. The van der Waals surface area contributed by atoms with E-state index in [-0.39, 0.29) is 31.0 Å². The van der Waals surface area contributed by atoms with E-state index in [9.17, 15) is 9.59 Å². The first-order valence-electron chi connectivity index (χ1n) is 21.6. The number of fused-ring (bicyclic) bond motifs is 2. The molecule has 314 valence electrons. The summed E-state index contributed by atoms with van der Waals surface area (Å²) >= 11 is 0. The van der Waals surface area contributed by atoms with Gasteiger partial charge in [0, 0.05) is 40.9 Å². The highest BCUT2D eigenvalue weighted by atomic mass is 16.5. The lowest BCUT2D eigenvalue weighted by atomic mass is 9.91. The van der Waals surface area contributed by atoms with E-state index in [0.29, 0.717) is 41.6 Å². The third kappa shape index (κ3) is 9.67. The average Bonchev–Trinajstić information content (AvgIpc) is 3.22. The molecule has 0 fully saturated rings. The van der Waals surface area contributed by atoms with Crippen LogP contribution in [-0.2, 0) is 14.3 Å². The molecular formula is C53H62N2O5. The van der Waals surface area contributed by atoms with E-state index in [4.69, 9.17) is 18.9 Å². The number of rotatable bonds is 15. The number of hydrogen-bond donors (Lipinski definition) is 1. The summed E-state index contributed by atoms with van der Waals surface area (Å²) in [6.45, 7) is 23.7. The van der Waals surface area contributed by atoms with Gasteiger partial charge in [-0.05, 0) is 108 Å². The molecule has 0 radical (unpaired) electrons. The number of ether oxygens (including phenoxy) is 2. The average molecular weight is 807 g/mol. The first-order chi connectivity index (χ1) is 28.6. The third-order valence-electron chi connectivity index (χ3n) is 11.5. The van der Waals surface area contributed by atoms with Gasteiger partial charge in [-0.3, -0.25) is 4.79 Å². The largest absolute Gasteiger partial charge is 0.465 e. The van der Waals surface area contributed by atoms with Gasteiger partial charge < -0.3 is 19.2 Å². The Morgan fingerprint density at radius 3 is 1.88 bits per heavy atom. The Labute approximate surface area is 356 Å². The molecule has 4 aromatic carbocycles. The van der Waals surface area contributed by atoms with E-state index in [0.717, 1.165) is 44.5 Å². The van der Waals surface area contributed by atoms with Gasteiger partial charge in [0.15, 0.2) is 0 Å². The number of esters is 2. The number of para-hydroxylation sites is 2. The second-order valence-electron chi connectivity index (χ2n) is 17.8. The number of carbonyl (C=O) groups excluding carboxylic acids is 2. The van der Waals surface area contributed by atoms with Crippen molar-refractivity contribution in [3.05, 3.63) is 130 Å². The normalized spacial score (nSPS) is 12.3. The van der Waals surface area contributed by atoms with Crippen molar-refractivity contribution in [2.24, 2.45) is 10.4 Å². The number of carbonyl (C=O) groups is 2. The number of nitrogens with one attached hydrogen (secondary N) is 1. The fraction of sp³-hybridized carbons (Fsp3) is 0.377. The molecule has 0 aromatic heterocycles. The summed E-state index contributed by atoms with van der Waals surface area (Å²) in [5.41, 5.74) is 10.9. The number of hydrogen-bond acceptors (Lipinski definition) is 7. The molecule has 1 aliphatic heterocycles. The molecule has 0 saturated heterocycles. The fourth-order valence-corrected chi connectivity index (χ4v) is 7.54. The van der Waals surface area contributed by atoms with Crippen LogP contribution in [-0.4, -0.2) is 25.2 Å². The molecule has 1 heterocycles. The van der Waals surface area contributed by atoms with Crippen LogP contribution in [0.5, 0.6) is 0 Å². The monoisotopic (exact) mass is 806 g/mol. The van der Waals surface area contributed by atoms with E-state index in [2.05, 4.69) is 127 Å². The standard InChI is InChI=1S/C53H62N2O5/c1-12-53(10,11)52(57)59-27-17-26-58-51(56)44-19-14-13-18-43(44)45-29-38(55-50-41(34(6)7)22-16-23-42(50)35(8)9)31-48-46(45)28-36-24-25-37(30-47(36)60-48)54-49-39(32(2)3)20-15-21-40(49)33(4)5/h13-16,18-25,28-35,54H,12,17,26-27H2,1-11H3/b55-38+. The van der Waals surface area contributed by atoms with E-state index in [1.165, 1.54) is 22.3 Å². The molecule has 2 aliphatic rings. The Balaban J connectivity index is 1.47. The van der Waals surface area contributed by atoms with Crippen LogP contribution in [0.1, 0.15) is 145 Å². The molecule has 60 heavy (non-hydrogen) atoms. The van der Waals surface area contributed by atoms with Crippen molar-refractivity contribution in [2.75, 3.05) is 18.5 Å². The van der Waals surface area contributed by atoms with Gasteiger partial charge >= 0.3 is 11.9 Å². The minimum absolute atomic E-state index is 0.115. The maximum Gasteiger partial charge on any atom is 0.338 e.